The second kappa shape index (κ2) is 4.18. The molecule has 18 heavy (non-hydrogen) atoms. The predicted molar refractivity (Wildman–Crippen MR) is 67.9 cm³/mol. The topological polar surface area (TPSA) is 66.2 Å². The van der Waals surface area contributed by atoms with E-state index < -0.39 is 6.17 Å². The van der Waals surface area contributed by atoms with E-state index in [1.54, 1.807) is 0 Å². The van der Waals surface area contributed by atoms with Crippen LogP contribution in [-0.4, -0.2) is 17.9 Å². The summed E-state index contributed by atoms with van der Waals surface area (Å²) < 4.78 is 0. The number of rotatable bonds is 2. The standard InChI is InChI=1S/C13H12N4O/c1-2-9-14-12-10(13(18)15-9)11(16-17-12)8-6-4-3-5-7-8/h3-7,12H,2H2,1H3,(H,14,15,18). The van der Waals surface area contributed by atoms with Gasteiger partial charge >= 0.3 is 0 Å². The number of carbonyl (C=O) groups is 1. The first kappa shape index (κ1) is 10.8. The maximum absolute atomic E-state index is 12.1. The summed E-state index contributed by atoms with van der Waals surface area (Å²) in [5.74, 6) is 0.526. The summed E-state index contributed by atoms with van der Waals surface area (Å²) in [6, 6.07) is 9.57. The van der Waals surface area contributed by atoms with Crippen molar-refractivity contribution in [3.05, 3.63) is 41.5 Å². The fraction of sp³-hybridized carbons (Fsp3) is 0.231. The van der Waals surface area contributed by atoms with E-state index >= 15 is 0 Å². The zero-order valence-electron chi connectivity index (χ0n) is 9.92. The molecule has 2 heterocycles. The van der Waals surface area contributed by atoms with Crippen molar-refractivity contribution in [1.82, 2.24) is 5.32 Å². The highest BCUT2D eigenvalue weighted by molar-refractivity contribution is 6.13. The van der Waals surface area contributed by atoms with Crippen LogP contribution in [0.2, 0.25) is 0 Å². The number of azo groups is 1. The third-order valence-electron chi connectivity index (χ3n) is 2.94. The third kappa shape index (κ3) is 1.64. The second-order valence-corrected chi connectivity index (χ2v) is 4.10. The van der Waals surface area contributed by atoms with Gasteiger partial charge in [-0.15, -0.1) is 0 Å². The SMILES string of the molecule is CCC1=NC2N=NC(c3ccccc3)=C2C(=O)N1. The van der Waals surface area contributed by atoms with Crippen LogP contribution in [0.1, 0.15) is 18.9 Å². The van der Waals surface area contributed by atoms with Crippen molar-refractivity contribution >= 4 is 17.4 Å². The van der Waals surface area contributed by atoms with Crippen molar-refractivity contribution in [2.24, 2.45) is 15.2 Å². The van der Waals surface area contributed by atoms with Gasteiger partial charge in [0.05, 0.1) is 5.57 Å². The highest BCUT2D eigenvalue weighted by atomic mass is 16.2. The number of amidine groups is 1. The number of nitrogens with one attached hydrogen (secondary N) is 1. The van der Waals surface area contributed by atoms with Gasteiger partial charge in [0.25, 0.3) is 5.91 Å². The van der Waals surface area contributed by atoms with E-state index in [0.29, 0.717) is 23.5 Å². The molecule has 0 fully saturated rings. The Kier molecular flexibility index (Phi) is 2.51. The van der Waals surface area contributed by atoms with Gasteiger partial charge < -0.3 is 5.32 Å². The van der Waals surface area contributed by atoms with E-state index in [9.17, 15) is 4.79 Å². The quantitative estimate of drug-likeness (QED) is 0.845. The molecule has 0 aliphatic carbocycles. The number of fused-ring (bicyclic) bond motifs is 1. The fourth-order valence-corrected chi connectivity index (χ4v) is 2.03. The van der Waals surface area contributed by atoms with Crippen LogP contribution < -0.4 is 5.32 Å². The van der Waals surface area contributed by atoms with Gasteiger partial charge in [-0.2, -0.15) is 10.2 Å². The molecule has 1 aromatic rings. The van der Waals surface area contributed by atoms with Gasteiger partial charge in [0.1, 0.15) is 11.5 Å². The molecule has 1 aromatic carbocycles. The summed E-state index contributed by atoms with van der Waals surface area (Å²) in [4.78, 5) is 16.4. The van der Waals surface area contributed by atoms with Crippen molar-refractivity contribution < 1.29 is 4.79 Å². The first-order valence-corrected chi connectivity index (χ1v) is 5.88. The van der Waals surface area contributed by atoms with Crippen LogP contribution in [0.25, 0.3) is 5.70 Å². The average molecular weight is 240 g/mol. The molecule has 2 aliphatic rings. The van der Waals surface area contributed by atoms with E-state index in [0.717, 1.165) is 5.56 Å². The van der Waals surface area contributed by atoms with Crippen LogP contribution in [0, 0.1) is 0 Å². The first-order valence-electron chi connectivity index (χ1n) is 5.88. The van der Waals surface area contributed by atoms with Crippen molar-refractivity contribution in [1.29, 1.82) is 0 Å². The number of carbonyl (C=O) groups excluding carboxylic acids is 1. The van der Waals surface area contributed by atoms with Crippen molar-refractivity contribution in [2.75, 3.05) is 0 Å². The summed E-state index contributed by atoms with van der Waals surface area (Å²) in [5, 5.41) is 10.9. The predicted octanol–water partition coefficient (Wildman–Crippen LogP) is 2.13. The van der Waals surface area contributed by atoms with Crippen LogP contribution in [-0.2, 0) is 4.79 Å². The van der Waals surface area contributed by atoms with Gasteiger partial charge in [0, 0.05) is 12.0 Å². The van der Waals surface area contributed by atoms with E-state index in [1.807, 2.05) is 37.3 Å². The summed E-state index contributed by atoms with van der Waals surface area (Å²) in [6.07, 6.45) is 0.218. The molecule has 0 spiro atoms. The minimum Gasteiger partial charge on any atom is -0.310 e. The fourth-order valence-electron chi connectivity index (χ4n) is 2.03. The van der Waals surface area contributed by atoms with Crippen LogP contribution in [0.4, 0.5) is 0 Å². The molecule has 1 atom stereocenters. The van der Waals surface area contributed by atoms with Crippen molar-refractivity contribution in [3.8, 4) is 0 Å². The molecule has 5 heteroatoms. The lowest BCUT2D eigenvalue weighted by Crippen LogP contribution is -2.39. The van der Waals surface area contributed by atoms with E-state index in [-0.39, 0.29) is 5.91 Å². The van der Waals surface area contributed by atoms with Crippen molar-refractivity contribution in [2.45, 2.75) is 19.5 Å². The van der Waals surface area contributed by atoms with Gasteiger partial charge in [-0.25, -0.2) is 4.99 Å². The molecule has 90 valence electrons. The number of hydrogen-bond donors (Lipinski definition) is 1. The number of hydrogen-bond acceptors (Lipinski definition) is 4. The van der Waals surface area contributed by atoms with Gasteiger partial charge in [-0.1, -0.05) is 37.3 Å². The van der Waals surface area contributed by atoms with E-state index in [1.165, 1.54) is 0 Å². The van der Waals surface area contributed by atoms with Crippen LogP contribution in [0.5, 0.6) is 0 Å². The van der Waals surface area contributed by atoms with Gasteiger partial charge in [-0.3, -0.25) is 4.79 Å². The van der Waals surface area contributed by atoms with Crippen LogP contribution in [0.3, 0.4) is 0 Å². The minimum atomic E-state index is -0.469. The molecule has 0 radical (unpaired) electrons. The van der Waals surface area contributed by atoms with E-state index in [4.69, 9.17) is 0 Å². The monoisotopic (exact) mass is 240 g/mol. The minimum absolute atomic E-state index is 0.143. The lowest BCUT2D eigenvalue weighted by molar-refractivity contribution is -0.116. The second-order valence-electron chi connectivity index (χ2n) is 4.10. The largest absolute Gasteiger partial charge is 0.310 e. The smallest absolute Gasteiger partial charge is 0.258 e. The molecule has 1 amide bonds. The number of nitrogens with zero attached hydrogens (tertiary/aromatic N) is 3. The Morgan fingerprint density at radius 2 is 2.06 bits per heavy atom. The van der Waals surface area contributed by atoms with Crippen LogP contribution in [0.15, 0.2) is 51.1 Å². The number of benzene rings is 1. The van der Waals surface area contributed by atoms with Gasteiger partial charge in [-0.05, 0) is 0 Å². The molecule has 0 bridgehead atoms. The van der Waals surface area contributed by atoms with Crippen LogP contribution >= 0.6 is 0 Å². The molecule has 1 unspecified atom stereocenters. The molecule has 0 aromatic heterocycles. The maximum Gasteiger partial charge on any atom is 0.258 e. The Morgan fingerprint density at radius 3 is 2.78 bits per heavy atom. The summed E-state index contributed by atoms with van der Waals surface area (Å²) >= 11 is 0. The molecule has 0 saturated heterocycles. The zero-order valence-corrected chi connectivity index (χ0v) is 9.92. The number of amides is 1. The molecule has 1 N–H and O–H groups in total. The lowest BCUT2D eigenvalue weighted by atomic mass is 10.0. The third-order valence-corrected chi connectivity index (χ3v) is 2.94. The Bertz CT molecular complexity index is 586. The van der Waals surface area contributed by atoms with Gasteiger partial charge in [0.2, 0.25) is 0 Å². The highest BCUT2D eigenvalue weighted by Crippen LogP contribution is 2.32. The Labute approximate surface area is 104 Å². The highest BCUT2D eigenvalue weighted by Gasteiger charge is 2.33. The zero-order chi connectivity index (χ0) is 12.5. The molecule has 2 aliphatic heterocycles. The van der Waals surface area contributed by atoms with Gasteiger partial charge in [0.15, 0.2) is 6.17 Å². The first-order chi connectivity index (χ1) is 8.79. The molecule has 5 nitrogen and oxygen atoms in total. The normalized spacial score (nSPS) is 21.7. The molecule has 0 saturated carbocycles. The summed E-state index contributed by atoms with van der Waals surface area (Å²) in [7, 11) is 0. The maximum atomic E-state index is 12.1. The molecular weight excluding hydrogens is 228 g/mol. The summed E-state index contributed by atoms with van der Waals surface area (Å²) in [5.41, 5.74) is 2.06. The van der Waals surface area contributed by atoms with Crippen molar-refractivity contribution in [3.63, 3.8) is 0 Å². The average Bonchev–Trinajstić information content (AvgIpc) is 2.84. The van der Waals surface area contributed by atoms with E-state index in [2.05, 4.69) is 20.5 Å². The summed E-state index contributed by atoms with van der Waals surface area (Å²) in [6.45, 7) is 1.94. The Hall–Kier alpha value is -2.30. The Morgan fingerprint density at radius 1 is 1.28 bits per heavy atom. The molecular formula is C13H12N4O. The Balaban J connectivity index is 2.08. The lowest BCUT2D eigenvalue weighted by Gasteiger charge is -2.17. The molecule has 3 rings (SSSR count). The number of aliphatic imine (C=N–C) groups is 1.